The van der Waals surface area contributed by atoms with Crippen LogP contribution in [0.1, 0.15) is 17.3 Å². The van der Waals surface area contributed by atoms with Gasteiger partial charge in [0.1, 0.15) is 17.9 Å². The van der Waals surface area contributed by atoms with Crippen LogP contribution < -0.4 is 9.64 Å². The van der Waals surface area contributed by atoms with Crippen LogP contribution in [0.2, 0.25) is 5.02 Å². The van der Waals surface area contributed by atoms with Crippen LogP contribution in [-0.2, 0) is 0 Å². The normalized spacial score (nSPS) is 16.3. The van der Waals surface area contributed by atoms with Crippen molar-refractivity contribution in [1.82, 2.24) is 14.9 Å². The second-order valence-electron chi connectivity index (χ2n) is 7.20. The molecule has 0 saturated carbocycles. The van der Waals surface area contributed by atoms with E-state index in [-0.39, 0.29) is 23.6 Å². The van der Waals surface area contributed by atoms with Crippen LogP contribution in [0.4, 0.5) is 14.6 Å². The Balaban J connectivity index is 1.45. The zero-order valence-electron chi connectivity index (χ0n) is 16.6. The van der Waals surface area contributed by atoms with Crippen molar-refractivity contribution in [3.8, 4) is 11.6 Å². The topological polar surface area (TPSA) is 58.6 Å². The minimum atomic E-state index is -0.999. The number of anilines is 1. The number of piperazine rings is 1. The Bertz CT molecular complexity index is 1110. The van der Waals surface area contributed by atoms with Gasteiger partial charge < -0.3 is 14.5 Å². The first-order valence-corrected chi connectivity index (χ1v) is 10.0. The molecule has 0 spiro atoms. The van der Waals surface area contributed by atoms with Crippen LogP contribution in [-0.4, -0.2) is 46.5 Å². The summed E-state index contributed by atoms with van der Waals surface area (Å²) < 4.78 is 32.0. The van der Waals surface area contributed by atoms with Gasteiger partial charge in [0.05, 0.1) is 0 Å². The van der Waals surface area contributed by atoms with Crippen molar-refractivity contribution in [2.75, 3.05) is 24.5 Å². The third-order valence-electron chi connectivity index (χ3n) is 5.02. The third kappa shape index (κ3) is 4.74. The molecular weight excluding hydrogens is 426 g/mol. The lowest BCUT2D eigenvalue weighted by molar-refractivity contribution is 0.0673. The minimum Gasteiger partial charge on any atom is -0.439 e. The van der Waals surface area contributed by atoms with Gasteiger partial charge in [-0.15, -0.1) is 0 Å². The van der Waals surface area contributed by atoms with E-state index in [1.807, 2.05) is 16.7 Å². The quantitative estimate of drug-likeness (QED) is 0.590. The maximum atomic E-state index is 13.4. The van der Waals surface area contributed by atoms with Gasteiger partial charge in [0.25, 0.3) is 5.91 Å². The molecule has 1 saturated heterocycles. The number of aromatic nitrogens is 2. The number of hydrogen-bond donors (Lipinski definition) is 0. The number of carbonyl (C=O) groups excluding carboxylic acids is 1. The van der Waals surface area contributed by atoms with E-state index in [4.69, 9.17) is 16.3 Å². The number of nitrogens with zero attached hydrogens (tertiary/aromatic N) is 4. The van der Waals surface area contributed by atoms with E-state index in [0.717, 1.165) is 12.1 Å². The molecule has 2 heterocycles. The zero-order chi connectivity index (χ0) is 22.0. The van der Waals surface area contributed by atoms with Crippen LogP contribution in [0.15, 0.2) is 54.9 Å². The molecule has 9 heteroatoms. The van der Waals surface area contributed by atoms with Gasteiger partial charge >= 0.3 is 0 Å². The molecule has 0 radical (unpaired) electrons. The van der Waals surface area contributed by atoms with Crippen molar-refractivity contribution in [3.05, 3.63) is 77.1 Å². The molecule has 1 amide bonds. The molecule has 0 aliphatic carbocycles. The largest absolute Gasteiger partial charge is 0.439 e. The number of hydrogen-bond acceptors (Lipinski definition) is 5. The molecule has 1 atom stereocenters. The molecule has 1 aromatic heterocycles. The second kappa shape index (κ2) is 8.85. The molecule has 0 N–H and O–H groups in total. The fraction of sp³-hybridized carbons (Fsp3) is 0.227. The van der Waals surface area contributed by atoms with Gasteiger partial charge in [0.15, 0.2) is 11.6 Å². The number of amides is 1. The summed E-state index contributed by atoms with van der Waals surface area (Å²) in [6.07, 6.45) is 1.35. The van der Waals surface area contributed by atoms with Crippen molar-refractivity contribution >= 4 is 23.3 Å². The second-order valence-corrected chi connectivity index (χ2v) is 7.63. The summed E-state index contributed by atoms with van der Waals surface area (Å²) in [6.45, 7) is 3.61. The first kappa shape index (κ1) is 21.0. The SMILES string of the molecule is C[C@@H]1CN(c2cc(Oc3ccc(F)c(F)c3)ncn2)CCN1C(=O)c1cccc(Cl)c1. The first-order valence-electron chi connectivity index (χ1n) is 9.67. The molecule has 2 aromatic carbocycles. The monoisotopic (exact) mass is 444 g/mol. The fourth-order valence-corrected chi connectivity index (χ4v) is 3.66. The summed E-state index contributed by atoms with van der Waals surface area (Å²) in [7, 11) is 0. The van der Waals surface area contributed by atoms with Crippen LogP contribution in [0.3, 0.4) is 0 Å². The standard InChI is InChI=1S/C22H19ClF2N4O2/c1-14-12-28(7-8-29(14)22(30)15-3-2-4-16(23)9-15)20-11-21(27-13-26-20)31-17-5-6-18(24)19(25)10-17/h2-6,9-11,13-14H,7-8,12H2,1H3/t14-/m1/s1. The number of rotatable bonds is 4. The maximum Gasteiger partial charge on any atom is 0.254 e. The molecule has 1 aliphatic rings. The van der Waals surface area contributed by atoms with E-state index < -0.39 is 11.6 Å². The highest BCUT2D eigenvalue weighted by atomic mass is 35.5. The van der Waals surface area contributed by atoms with Gasteiger partial charge in [-0.25, -0.2) is 18.7 Å². The highest BCUT2D eigenvalue weighted by Gasteiger charge is 2.29. The summed E-state index contributed by atoms with van der Waals surface area (Å²) >= 11 is 6.01. The van der Waals surface area contributed by atoms with Crippen molar-refractivity contribution < 1.29 is 18.3 Å². The van der Waals surface area contributed by atoms with Crippen molar-refractivity contribution in [2.45, 2.75) is 13.0 Å². The number of benzene rings is 2. The molecule has 0 unspecified atom stereocenters. The van der Waals surface area contributed by atoms with Crippen LogP contribution >= 0.6 is 11.6 Å². The van der Waals surface area contributed by atoms with E-state index in [1.165, 1.54) is 12.4 Å². The van der Waals surface area contributed by atoms with Crippen molar-refractivity contribution in [2.24, 2.45) is 0 Å². The highest BCUT2D eigenvalue weighted by Crippen LogP contribution is 2.25. The van der Waals surface area contributed by atoms with Gasteiger partial charge in [-0.2, -0.15) is 0 Å². The molecule has 3 aromatic rings. The predicted molar refractivity (Wildman–Crippen MR) is 113 cm³/mol. The van der Waals surface area contributed by atoms with Gasteiger partial charge in [-0.3, -0.25) is 4.79 Å². The van der Waals surface area contributed by atoms with Crippen LogP contribution in [0, 0.1) is 11.6 Å². The van der Waals surface area contributed by atoms with E-state index in [0.29, 0.717) is 36.0 Å². The lowest BCUT2D eigenvalue weighted by Gasteiger charge is -2.40. The molecule has 0 bridgehead atoms. The molecule has 1 fully saturated rings. The van der Waals surface area contributed by atoms with Crippen molar-refractivity contribution in [1.29, 1.82) is 0 Å². The molecule has 4 rings (SSSR count). The van der Waals surface area contributed by atoms with E-state index in [1.54, 1.807) is 30.3 Å². The number of ether oxygens (including phenoxy) is 1. The molecule has 6 nitrogen and oxygen atoms in total. The summed E-state index contributed by atoms with van der Waals surface area (Å²) in [5, 5.41) is 0.520. The number of carbonyl (C=O) groups is 1. The van der Waals surface area contributed by atoms with Gasteiger partial charge in [-0.1, -0.05) is 17.7 Å². The lowest BCUT2D eigenvalue weighted by atomic mass is 10.1. The summed E-state index contributed by atoms with van der Waals surface area (Å²) in [6, 6.07) is 11.7. The maximum absolute atomic E-state index is 13.4. The Hall–Kier alpha value is -3.26. The van der Waals surface area contributed by atoms with E-state index in [9.17, 15) is 13.6 Å². The molecule has 160 valence electrons. The Morgan fingerprint density at radius 1 is 1.10 bits per heavy atom. The Morgan fingerprint density at radius 3 is 2.68 bits per heavy atom. The van der Waals surface area contributed by atoms with Crippen molar-refractivity contribution in [3.63, 3.8) is 0 Å². The van der Waals surface area contributed by atoms with E-state index >= 15 is 0 Å². The fourth-order valence-electron chi connectivity index (χ4n) is 3.47. The van der Waals surface area contributed by atoms with E-state index in [2.05, 4.69) is 9.97 Å². The Morgan fingerprint density at radius 2 is 1.94 bits per heavy atom. The van der Waals surface area contributed by atoms with Gasteiger partial charge in [0, 0.05) is 48.4 Å². The average Bonchev–Trinajstić information content (AvgIpc) is 2.76. The summed E-state index contributed by atoms with van der Waals surface area (Å²) in [4.78, 5) is 25.0. The minimum absolute atomic E-state index is 0.0641. The average molecular weight is 445 g/mol. The third-order valence-corrected chi connectivity index (χ3v) is 5.26. The lowest BCUT2D eigenvalue weighted by Crippen LogP contribution is -2.54. The molecular formula is C22H19ClF2N4O2. The molecule has 1 aliphatic heterocycles. The summed E-state index contributed by atoms with van der Waals surface area (Å²) in [5.41, 5.74) is 0.553. The predicted octanol–water partition coefficient (Wildman–Crippen LogP) is 4.55. The summed E-state index contributed by atoms with van der Waals surface area (Å²) in [5.74, 6) is -1.06. The van der Waals surface area contributed by atoms with Crippen LogP contribution in [0.25, 0.3) is 0 Å². The Labute approximate surface area is 183 Å². The smallest absolute Gasteiger partial charge is 0.254 e. The zero-order valence-corrected chi connectivity index (χ0v) is 17.4. The number of halogens is 3. The van der Waals surface area contributed by atoms with Crippen LogP contribution in [0.5, 0.6) is 11.6 Å². The Kier molecular flexibility index (Phi) is 5.99. The first-order chi connectivity index (χ1) is 14.9. The van der Waals surface area contributed by atoms with Gasteiger partial charge in [-0.05, 0) is 37.3 Å². The molecule has 31 heavy (non-hydrogen) atoms. The van der Waals surface area contributed by atoms with Gasteiger partial charge in [0.2, 0.25) is 5.88 Å². The highest BCUT2D eigenvalue weighted by molar-refractivity contribution is 6.30.